The van der Waals surface area contributed by atoms with Gasteiger partial charge in [0.25, 0.3) is 0 Å². The molecule has 8 heteroatoms. The molecule has 1 aromatic heterocycles. The Labute approximate surface area is 125 Å². The Morgan fingerprint density at radius 1 is 1.48 bits per heavy atom. The van der Waals surface area contributed by atoms with E-state index in [4.69, 9.17) is 4.74 Å². The van der Waals surface area contributed by atoms with Gasteiger partial charge < -0.3 is 14.6 Å². The molecule has 0 bridgehead atoms. The van der Waals surface area contributed by atoms with Crippen molar-refractivity contribution < 1.29 is 13.9 Å². The summed E-state index contributed by atoms with van der Waals surface area (Å²) in [5, 5.41) is 10.9. The zero-order chi connectivity index (χ0) is 15.1. The van der Waals surface area contributed by atoms with Crippen LogP contribution in [0.2, 0.25) is 0 Å². The zero-order valence-corrected chi connectivity index (χ0v) is 12.3. The molecule has 0 radical (unpaired) electrons. The number of nitrogens with zero attached hydrogens (tertiary/aromatic N) is 3. The summed E-state index contributed by atoms with van der Waals surface area (Å²) in [6, 6.07) is 6.04. The van der Waals surface area contributed by atoms with E-state index in [1.165, 1.54) is 23.9 Å². The van der Waals surface area contributed by atoms with Gasteiger partial charge in [0.05, 0.1) is 18.0 Å². The molecule has 0 aliphatic rings. The summed E-state index contributed by atoms with van der Waals surface area (Å²) in [5.41, 5.74) is 0.170. The largest absolute Gasteiger partial charge is 0.383 e. The van der Waals surface area contributed by atoms with Crippen molar-refractivity contribution >= 4 is 23.4 Å². The van der Waals surface area contributed by atoms with Gasteiger partial charge in [-0.15, -0.1) is 10.2 Å². The molecule has 1 heterocycles. The number of halogens is 1. The second-order valence-electron chi connectivity index (χ2n) is 4.12. The number of amides is 1. The maximum absolute atomic E-state index is 13.4. The average Bonchev–Trinajstić information content (AvgIpc) is 2.93. The van der Waals surface area contributed by atoms with E-state index < -0.39 is 5.82 Å². The predicted octanol–water partition coefficient (Wildman–Crippen LogP) is 1.79. The van der Waals surface area contributed by atoms with E-state index in [0.717, 1.165) is 0 Å². The van der Waals surface area contributed by atoms with Crippen molar-refractivity contribution in [3.8, 4) is 0 Å². The minimum Gasteiger partial charge on any atom is -0.383 e. The first-order valence-corrected chi connectivity index (χ1v) is 7.23. The standard InChI is InChI=1S/C13H15FN4O2S/c1-20-7-6-18-9-15-17-13(18)21-8-12(19)16-11-5-3-2-4-10(11)14/h2-5,9H,6-8H2,1H3,(H,16,19). The summed E-state index contributed by atoms with van der Waals surface area (Å²) in [6.07, 6.45) is 1.58. The first-order chi connectivity index (χ1) is 10.2. The Bertz CT molecular complexity index is 605. The topological polar surface area (TPSA) is 69.0 Å². The lowest BCUT2D eigenvalue weighted by molar-refractivity contribution is -0.113. The van der Waals surface area contributed by atoms with Crippen molar-refractivity contribution in [1.29, 1.82) is 0 Å². The molecule has 1 aromatic carbocycles. The smallest absolute Gasteiger partial charge is 0.234 e. The van der Waals surface area contributed by atoms with Crippen molar-refractivity contribution in [2.75, 3.05) is 24.8 Å². The molecule has 0 spiro atoms. The van der Waals surface area contributed by atoms with E-state index in [9.17, 15) is 9.18 Å². The lowest BCUT2D eigenvalue weighted by atomic mass is 10.3. The lowest BCUT2D eigenvalue weighted by Crippen LogP contribution is -2.15. The van der Waals surface area contributed by atoms with E-state index in [-0.39, 0.29) is 17.3 Å². The average molecular weight is 310 g/mol. The number of para-hydroxylation sites is 1. The number of rotatable bonds is 7. The van der Waals surface area contributed by atoms with Crippen LogP contribution in [0.25, 0.3) is 0 Å². The third kappa shape index (κ3) is 4.54. The van der Waals surface area contributed by atoms with Crippen LogP contribution in [0.1, 0.15) is 0 Å². The Hall–Kier alpha value is -1.93. The SMILES string of the molecule is COCCn1cnnc1SCC(=O)Nc1ccccc1F. The predicted molar refractivity (Wildman–Crippen MR) is 77.7 cm³/mol. The molecule has 0 saturated heterocycles. The van der Waals surface area contributed by atoms with Crippen LogP contribution in [0.4, 0.5) is 10.1 Å². The molecule has 0 fully saturated rings. The van der Waals surface area contributed by atoms with Gasteiger partial charge in [0.1, 0.15) is 12.1 Å². The molecule has 0 aliphatic carbocycles. The Morgan fingerprint density at radius 3 is 3.05 bits per heavy atom. The second kappa shape index (κ2) is 7.75. The molecule has 112 valence electrons. The van der Waals surface area contributed by atoms with Crippen molar-refractivity contribution in [2.24, 2.45) is 0 Å². The van der Waals surface area contributed by atoms with Crippen molar-refractivity contribution in [2.45, 2.75) is 11.7 Å². The van der Waals surface area contributed by atoms with E-state index >= 15 is 0 Å². The number of methoxy groups -OCH3 is 1. The highest BCUT2D eigenvalue weighted by molar-refractivity contribution is 7.99. The van der Waals surface area contributed by atoms with Crippen molar-refractivity contribution in [3.05, 3.63) is 36.4 Å². The van der Waals surface area contributed by atoms with Crippen LogP contribution in [-0.2, 0) is 16.1 Å². The van der Waals surface area contributed by atoms with Gasteiger partial charge in [0.15, 0.2) is 5.16 Å². The highest BCUT2D eigenvalue weighted by Crippen LogP contribution is 2.17. The van der Waals surface area contributed by atoms with Gasteiger partial charge in [-0.05, 0) is 12.1 Å². The third-order valence-electron chi connectivity index (χ3n) is 2.60. The number of carbonyl (C=O) groups is 1. The maximum atomic E-state index is 13.4. The number of thioether (sulfide) groups is 1. The zero-order valence-electron chi connectivity index (χ0n) is 11.5. The minimum atomic E-state index is -0.459. The number of hydrogen-bond acceptors (Lipinski definition) is 5. The highest BCUT2D eigenvalue weighted by atomic mass is 32.2. The molecule has 2 aromatic rings. The van der Waals surface area contributed by atoms with Gasteiger partial charge in [-0.2, -0.15) is 0 Å². The number of ether oxygens (including phenoxy) is 1. The molecule has 21 heavy (non-hydrogen) atoms. The monoisotopic (exact) mass is 310 g/mol. The van der Waals surface area contributed by atoms with E-state index in [1.807, 2.05) is 0 Å². The number of benzene rings is 1. The molecule has 6 nitrogen and oxygen atoms in total. The fourth-order valence-electron chi connectivity index (χ4n) is 1.58. The quantitative estimate of drug-likeness (QED) is 0.790. The molecule has 0 aliphatic heterocycles. The Kier molecular flexibility index (Phi) is 5.70. The third-order valence-corrected chi connectivity index (χ3v) is 3.58. The summed E-state index contributed by atoms with van der Waals surface area (Å²) in [4.78, 5) is 11.8. The van der Waals surface area contributed by atoms with Crippen LogP contribution in [0.5, 0.6) is 0 Å². The van der Waals surface area contributed by atoms with Gasteiger partial charge in [-0.1, -0.05) is 23.9 Å². The van der Waals surface area contributed by atoms with Gasteiger partial charge in [-0.25, -0.2) is 4.39 Å². The Morgan fingerprint density at radius 2 is 2.29 bits per heavy atom. The molecule has 1 amide bonds. The van der Waals surface area contributed by atoms with Gasteiger partial charge in [0, 0.05) is 13.7 Å². The summed E-state index contributed by atoms with van der Waals surface area (Å²) in [5.74, 6) is -0.634. The van der Waals surface area contributed by atoms with Crippen LogP contribution >= 0.6 is 11.8 Å². The van der Waals surface area contributed by atoms with Gasteiger partial charge >= 0.3 is 0 Å². The summed E-state index contributed by atoms with van der Waals surface area (Å²) < 4.78 is 20.2. The number of nitrogens with one attached hydrogen (secondary N) is 1. The summed E-state index contributed by atoms with van der Waals surface area (Å²) in [7, 11) is 1.61. The summed E-state index contributed by atoms with van der Waals surface area (Å²) >= 11 is 1.24. The van der Waals surface area contributed by atoms with Crippen LogP contribution in [0, 0.1) is 5.82 Å². The molecular weight excluding hydrogens is 295 g/mol. The first-order valence-electron chi connectivity index (χ1n) is 6.24. The summed E-state index contributed by atoms with van der Waals surface area (Å²) in [6.45, 7) is 1.15. The Balaban J connectivity index is 1.87. The van der Waals surface area contributed by atoms with E-state index in [1.54, 1.807) is 30.1 Å². The minimum absolute atomic E-state index is 0.125. The van der Waals surface area contributed by atoms with Crippen LogP contribution < -0.4 is 5.32 Å². The fourth-order valence-corrected chi connectivity index (χ4v) is 2.32. The molecule has 2 rings (SSSR count). The van der Waals surface area contributed by atoms with E-state index in [0.29, 0.717) is 18.3 Å². The number of hydrogen-bond donors (Lipinski definition) is 1. The van der Waals surface area contributed by atoms with Gasteiger partial charge in [0.2, 0.25) is 5.91 Å². The fraction of sp³-hybridized carbons (Fsp3) is 0.308. The van der Waals surface area contributed by atoms with Crippen LogP contribution in [-0.4, -0.2) is 40.1 Å². The van der Waals surface area contributed by atoms with Crippen LogP contribution in [0.3, 0.4) is 0 Å². The highest BCUT2D eigenvalue weighted by Gasteiger charge is 2.10. The van der Waals surface area contributed by atoms with Crippen LogP contribution in [0.15, 0.2) is 35.7 Å². The molecule has 0 unspecified atom stereocenters. The number of anilines is 1. The molecule has 0 saturated carbocycles. The number of carbonyl (C=O) groups excluding carboxylic acids is 1. The second-order valence-corrected chi connectivity index (χ2v) is 5.06. The molecule has 1 N–H and O–H groups in total. The lowest BCUT2D eigenvalue weighted by Gasteiger charge is -2.07. The molecular formula is C13H15FN4O2S. The van der Waals surface area contributed by atoms with Crippen molar-refractivity contribution in [3.63, 3.8) is 0 Å². The van der Waals surface area contributed by atoms with Gasteiger partial charge in [-0.3, -0.25) is 4.79 Å². The van der Waals surface area contributed by atoms with Crippen molar-refractivity contribution in [1.82, 2.24) is 14.8 Å². The maximum Gasteiger partial charge on any atom is 0.234 e. The molecule has 0 atom stereocenters. The van der Waals surface area contributed by atoms with E-state index in [2.05, 4.69) is 15.5 Å². The first kappa shape index (κ1) is 15.5. The normalized spacial score (nSPS) is 10.6. The number of aromatic nitrogens is 3.